The number of nitrogens with zero attached hydrogens (tertiary/aromatic N) is 3. The Hall–Kier alpha value is -3.87. The van der Waals surface area contributed by atoms with Gasteiger partial charge in [0.15, 0.2) is 12.2 Å². The number of carbonyl (C=O) groups excluding carboxylic acids is 3. The number of hydrogen-bond donors (Lipinski definition) is 3. The first-order valence-electron chi connectivity index (χ1n) is 11.4. The number of nitrogens with one attached hydrogen (secondary N) is 1. The summed E-state index contributed by atoms with van der Waals surface area (Å²) in [5, 5.41) is 13.1. The van der Waals surface area contributed by atoms with Crippen molar-refractivity contribution in [2.24, 2.45) is 10.7 Å². The Kier molecular flexibility index (Phi) is 6.39. The van der Waals surface area contributed by atoms with Crippen molar-refractivity contribution in [3.8, 4) is 0 Å². The first-order valence-corrected chi connectivity index (χ1v) is 11.4. The second kappa shape index (κ2) is 9.64. The van der Waals surface area contributed by atoms with Crippen LogP contribution in [0.1, 0.15) is 11.1 Å². The second-order valence-corrected chi connectivity index (χ2v) is 8.53. The Bertz CT molecular complexity index is 1270. The summed E-state index contributed by atoms with van der Waals surface area (Å²) in [5.41, 5.74) is 7.58. The molecule has 0 spiro atoms. The van der Waals surface area contributed by atoms with Gasteiger partial charge in [-0.05, 0) is 35.9 Å². The molecule has 3 heterocycles. The van der Waals surface area contributed by atoms with Crippen LogP contribution in [0, 0.1) is 5.82 Å². The number of amides is 3. The van der Waals surface area contributed by atoms with Gasteiger partial charge in [0.25, 0.3) is 17.7 Å². The third-order valence-electron chi connectivity index (χ3n) is 6.23. The smallest absolute Gasteiger partial charge is 0.259 e. The van der Waals surface area contributed by atoms with Crippen molar-refractivity contribution in [1.29, 1.82) is 0 Å². The molecular formula is C24H24FN5O6. The van der Waals surface area contributed by atoms with Crippen LogP contribution < -0.4 is 20.9 Å². The molecule has 3 aliphatic rings. The number of hydrogen-bond acceptors (Lipinski definition) is 8. The van der Waals surface area contributed by atoms with Gasteiger partial charge in [-0.1, -0.05) is 6.07 Å². The highest BCUT2D eigenvalue weighted by Gasteiger charge is 2.39. The van der Waals surface area contributed by atoms with E-state index >= 15 is 0 Å². The van der Waals surface area contributed by atoms with E-state index in [1.807, 2.05) is 0 Å². The summed E-state index contributed by atoms with van der Waals surface area (Å²) < 4.78 is 25.0. The van der Waals surface area contributed by atoms with Crippen LogP contribution in [-0.2, 0) is 30.4 Å². The van der Waals surface area contributed by atoms with Crippen LogP contribution in [0.15, 0.2) is 41.4 Å². The van der Waals surface area contributed by atoms with Crippen LogP contribution >= 0.6 is 0 Å². The minimum atomic E-state index is -1.85. The first kappa shape index (κ1) is 23.9. The Labute approximate surface area is 205 Å². The fourth-order valence-corrected chi connectivity index (χ4v) is 4.46. The predicted molar refractivity (Wildman–Crippen MR) is 127 cm³/mol. The van der Waals surface area contributed by atoms with E-state index in [0.717, 1.165) is 6.07 Å². The number of fused-ring (bicyclic) bond motifs is 1. The van der Waals surface area contributed by atoms with Crippen molar-refractivity contribution in [1.82, 2.24) is 0 Å². The maximum atomic E-state index is 14.4. The van der Waals surface area contributed by atoms with Crippen molar-refractivity contribution in [3.05, 3.63) is 53.3 Å². The van der Waals surface area contributed by atoms with E-state index in [9.17, 15) is 23.9 Å². The number of carbonyl (C=O) groups is 3. The molecule has 0 aromatic heterocycles. The zero-order valence-corrected chi connectivity index (χ0v) is 19.1. The lowest BCUT2D eigenvalue weighted by Crippen LogP contribution is -2.55. The highest BCUT2D eigenvalue weighted by Crippen LogP contribution is 2.28. The molecule has 3 aliphatic heterocycles. The molecule has 36 heavy (non-hydrogen) atoms. The van der Waals surface area contributed by atoms with Gasteiger partial charge in [-0.2, -0.15) is 0 Å². The SMILES string of the molecule is NC1=NCc2cc(NC(=O)C(O)C3OCCN(c4cccc(N5CCOCC5=O)c4)C3=O)cc(F)c21. The zero-order chi connectivity index (χ0) is 25.4. The number of ether oxygens (including phenoxy) is 2. The molecule has 0 aliphatic carbocycles. The number of aliphatic hydroxyl groups excluding tert-OH is 1. The van der Waals surface area contributed by atoms with E-state index in [0.29, 0.717) is 30.1 Å². The van der Waals surface area contributed by atoms with Crippen molar-refractivity contribution in [2.75, 3.05) is 48.0 Å². The molecule has 0 saturated carbocycles. The van der Waals surface area contributed by atoms with Crippen molar-refractivity contribution in [3.63, 3.8) is 0 Å². The Balaban J connectivity index is 1.30. The van der Waals surface area contributed by atoms with Gasteiger partial charge in [0.1, 0.15) is 18.3 Å². The first-order chi connectivity index (χ1) is 17.3. The predicted octanol–water partition coefficient (Wildman–Crippen LogP) is 0.139. The molecule has 188 valence electrons. The van der Waals surface area contributed by atoms with Gasteiger partial charge in [0.2, 0.25) is 0 Å². The fourth-order valence-electron chi connectivity index (χ4n) is 4.46. The third kappa shape index (κ3) is 4.41. The number of nitrogens with two attached hydrogens (primary N) is 1. The van der Waals surface area contributed by atoms with Gasteiger partial charge in [0.05, 0.1) is 25.3 Å². The third-order valence-corrected chi connectivity index (χ3v) is 6.23. The van der Waals surface area contributed by atoms with Crippen LogP contribution in [0.3, 0.4) is 0 Å². The average Bonchev–Trinajstić information content (AvgIpc) is 3.25. The highest BCUT2D eigenvalue weighted by atomic mass is 19.1. The summed E-state index contributed by atoms with van der Waals surface area (Å²) in [6.45, 7) is 1.23. The lowest BCUT2D eigenvalue weighted by molar-refractivity contribution is -0.150. The Morgan fingerprint density at radius 3 is 2.69 bits per heavy atom. The number of benzene rings is 2. The average molecular weight is 497 g/mol. The molecular weight excluding hydrogens is 473 g/mol. The number of aliphatic hydroxyl groups is 1. The van der Waals surface area contributed by atoms with E-state index in [1.54, 1.807) is 29.2 Å². The molecule has 12 heteroatoms. The summed E-state index contributed by atoms with van der Waals surface area (Å²) in [4.78, 5) is 45.1. The van der Waals surface area contributed by atoms with Crippen molar-refractivity contribution in [2.45, 2.75) is 18.8 Å². The van der Waals surface area contributed by atoms with E-state index in [2.05, 4.69) is 10.3 Å². The lowest BCUT2D eigenvalue weighted by atomic mass is 10.1. The van der Waals surface area contributed by atoms with E-state index < -0.39 is 29.8 Å². The standard InChI is InChI=1S/C24H24FN5O6/c25-17-9-14(8-13-11-27-22(26)19(13)17)28-23(33)20(32)21-24(34)30(5-7-36-21)16-3-1-2-15(10-16)29-4-6-35-12-18(29)31/h1-3,8-10,20-21,32H,4-7,11-12H2,(H2,26,27)(H,28,33). The molecule has 2 aromatic carbocycles. The monoisotopic (exact) mass is 497 g/mol. The zero-order valence-electron chi connectivity index (χ0n) is 19.1. The van der Waals surface area contributed by atoms with Crippen LogP contribution in [-0.4, -0.2) is 73.8 Å². The molecule has 2 unspecified atom stereocenters. The summed E-state index contributed by atoms with van der Waals surface area (Å²) in [6.07, 6.45) is -3.31. The van der Waals surface area contributed by atoms with Crippen LogP contribution in [0.2, 0.25) is 0 Å². The van der Waals surface area contributed by atoms with Gasteiger partial charge in [-0.15, -0.1) is 0 Å². The molecule has 0 bridgehead atoms. The molecule has 3 amide bonds. The van der Waals surface area contributed by atoms with Gasteiger partial charge >= 0.3 is 0 Å². The molecule has 2 saturated heterocycles. The van der Waals surface area contributed by atoms with Gasteiger partial charge in [-0.25, -0.2) is 4.39 Å². The largest absolute Gasteiger partial charge is 0.383 e. The highest BCUT2D eigenvalue weighted by molar-refractivity contribution is 6.05. The van der Waals surface area contributed by atoms with Gasteiger partial charge in [-0.3, -0.25) is 19.4 Å². The normalized spacial score (nSPS) is 20.7. The molecule has 2 fully saturated rings. The minimum Gasteiger partial charge on any atom is -0.383 e. The van der Waals surface area contributed by atoms with Crippen molar-refractivity contribution < 1.29 is 33.4 Å². The fraction of sp³-hybridized carbons (Fsp3) is 0.333. The Morgan fingerprint density at radius 2 is 1.92 bits per heavy atom. The van der Waals surface area contributed by atoms with E-state index in [-0.39, 0.29) is 49.3 Å². The molecule has 2 atom stereocenters. The number of amidine groups is 1. The number of aliphatic imine (C=N–C) groups is 1. The van der Waals surface area contributed by atoms with Gasteiger partial charge in [0, 0.05) is 30.2 Å². The van der Waals surface area contributed by atoms with Gasteiger partial charge < -0.3 is 35.4 Å². The van der Waals surface area contributed by atoms with Crippen LogP contribution in [0.5, 0.6) is 0 Å². The summed E-state index contributed by atoms with van der Waals surface area (Å²) in [6, 6.07) is 9.45. The Morgan fingerprint density at radius 1 is 1.17 bits per heavy atom. The van der Waals surface area contributed by atoms with Crippen LogP contribution in [0.4, 0.5) is 21.5 Å². The summed E-state index contributed by atoms with van der Waals surface area (Å²) >= 11 is 0. The molecule has 5 rings (SSSR count). The molecule has 4 N–H and O–H groups in total. The van der Waals surface area contributed by atoms with E-state index in [4.69, 9.17) is 15.2 Å². The maximum absolute atomic E-state index is 14.4. The maximum Gasteiger partial charge on any atom is 0.259 e. The minimum absolute atomic E-state index is 0.0153. The second-order valence-electron chi connectivity index (χ2n) is 8.53. The lowest BCUT2D eigenvalue weighted by Gasteiger charge is -2.35. The quantitative estimate of drug-likeness (QED) is 0.532. The molecule has 0 radical (unpaired) electrons. The summed E-state index contributed by atoms with van der Waals surface area (Å²) in [7, 11) is 0. The van der Waals surface area contributed by atoms with Crippen molar-refractivity contribution >= 4 is 40.6 Å². The molecule has 11 nitrogen and oxygen atoms in total. The number of anilines is 3. The summed E-state index contributed by atoms with van der Waals surface area (Å²) in [5.74, 6) is -2.28. The number of halogens is 1. The van der Waals surface area contributed by atoms with E-state index in [1.165, 1.54) is 11.0 Å². The van der Waals surface area contributed by atoms with Crippen LogP contribution in [0.25, 0.3) is 0 Å². The molecule has 2 aromatic rings. The number of morpholine rings is 2. The topological polar surface area (TPSA) is 147 Å². The number of rotatable bonds is 5.